The van der Waals surface area contributed by atoms with Crippen molar-refractivity contribution in [2.24, 2.45) is 0 Å². The highest BCUT2D eigenvalue weighted by Gasteiger charge is 2.20. The molecule has 35 heavy (non-hydrogen) atoms. The lowest BCUT2D eigenvalue weighted by molar-refractivity contribution is 0.0398. The topological polar surface area (TPSA) is 117 Å². The fraction of sp³-hybridized carbons (Fsp3) is 0.440. The highest BCUT2D eigenvalue weighted by atomic mass is 16.5. The average molecular weight is 480 g/mol. The Morgan fingerprint density at radius 2 is 1.80 bits per heavy atom. The van der Waals surface area contributed by atoms with E-state index in [2.05, 4.69) is 36.0 Å². The molecule has 0 spiro atoms. The van der Waals surface area contributed by atoms with Gasteiger partial charge in [0.2, 0.25) is 5.95 Å². The lowest BCUT2D eigenvalue weighted by Crippen LogP contribution is -2.39. The first-order chi connectivity index (χ1) is 16.8. The molecular formula is C25H33N7O3. The minimum absolute atomic E-state index is 0.184. The summed E-state index contributed by atoms with van der Waals surface area (Å²) in [5.74, 6) is 1.68. The van der Waals surface area contributed by atoms with Gasteiger partial charge in [-0.2, -0.15) is 0 Å². The van der Waals surface area contributed by atoms with Crippen LogP contribution in [0.5, 0.6) is 0 Å². The second-order valence-electron chi connectivity index (χ2n) is 9.61. The van der Waals surface area contributed by atoms with Gasteiger partial charge in [0.25, 0.3) is 0 Å². The minimum Gasteiger partial charge on any atom is -0.379 e. The van der Waals surface area contributed by atoms with E-state index in [1.807, 2.05) is 45.9 Å². The number of aryl methyl sites for hydroxylation is 1. The summed E-state index contributed by atoms with van der Waals surface area (Å²) in [7, 11) is 0. The summed E-state index contributed by atoms with van der Waals surface area (Å²) >= 11 is 0. The van der Waals surface area contributed by atoms with Gasteiger partial charge >= 0.3 is 6.03 Å². The first kappa shape index (κ1) is 24.6. The Bertz CT molecular complexity index is 1130. The average Bonchev–Trinajstić information content (AvgIpc) is 3.31. The molecule has 4 rings (SSSR count). The Morgan fingerprint density at radius 3 is 2.46 bits per heavy atom. The van der Waals surface area contributed by atoms with Crippen molar-refractivity contribution in [1.82, 2.24) is 20.0 Å². The van der Waals surface area contributed by atoms with E-state index in [1.165, 1.54) is 0 Å². The van der Waals surface area contributed by atoms with Crippen molar-refractivity contribution >= 4 is 23.5 Å². The Hall–Kier alpha value is -3.50. The summed E-state index contributed by atoms with van der Waals surface area (Å²) in [6.45, 7) is 13.2. The molecule has 0 unspecified atom stereocenters. The number of carbonyl (C=O) groups excluding carboxylic acids is 1. The third kappa shape index (κ3) is 6.77. The number of amides is 2. The van der Waals surface area contributed by atoms with Gasteiger partial charge in [-0.25, -0.2) is 14.8 Å². The van der Waals surface area contributed by atoms with Gasteiger partial charge < -0.3 is 19.9 Å². The number of carbonyl (C=O) groups is 1. The second-order valence-corrected chi connectivity index (χ2v) is 9.61. The second kappa shape index (κ2) is 10.8. The standard InChI is InChI=1S/C25H33N7O3/c1-17-13-18(19-15-27-23(28-16-19)26-7-8-32-9-11-34-12-10-32)5-6-20(17)29-24(33)30-22-14-21(35-31-22)25(2,3)4/h5-6,13-16H,7-12H2,1-4H3,(H,26,27,28)(H2,29,30,31,33). The van der Waals surface area contributed by atoms with E-state index >= 15 is 0 Å². The Balaban J connectivity index is 1.30. The van der Waals surface area contributed by atoms with E-state index in [4.69, 9.17) is 9.26 Å². The maximum Gasteiger partial charge on any atom is 0.324 e. The Kier molecular flexibility index (Phi) is 7.62. The predicted octanol–water partition coefficient (Wildman–Crippen LogP) is 4.13. The third-order valence-electron chi connectivity index (χ3n) is 5.77. The summed E-state index contributed by atoms with van der Waals surface area (Å²) in [5, 5.41) is 12.8. The van der Waals surface area contributed by atoms with Crippen molar-refractivity contribution in [3.8, 4) is 11.1 Å². The third-order valence-corrected chi connectivity index (χ3v) is 5.77. The van der Waals surface area contributed by atoms with Gasteiger partial charge in [0.15, 0.2) is 5.82 Å². The zero-order valence-corrected chi connectivity index (χ0v) is 20.7. The van der Waals surface area contributed by atoms with Crippen molar-refractivity contribution in [1.29, 1.82) is 0 Å². The first-order valence-electron chi connectivity index (χ1n) is 11.8. The number of ether oxygens (including phenoxy) is 1. The molecule has 10 nitrogen and oxygen atoms in total. The lowest BCUT2D eigenvalue weighted by Gasteiger charge is -2.26. The molecule has 3 aromatic rings. The molecule has 1 aliphatic heterocycles. The van der Waals surface area contributed by atoms with Gasteiger partial charge in [-0.3, -0.25) is 10.2 Å². The minimum atomic E-state index is -0.384. The molecule has 0 radical (unpaired) electrons. The van der Waals surface area contributed by atoms with Crippen LogP contribution >= 0.6 is 0 Å². The Morgan fingerprint density at radius 1 is 1.06 bits per heavy atom. The van der Waals surface area contributed by atoms with E-state index in [9.17, 15) is 4.79 Å². The van der Waals surface area contributed by atoms with Gasteiger partial charge in [-0.1, -0.05) is 32.0 Å². The van der Waals surface area contributed by atoms with Crippen molar-refractivity contribution < 1.29 is 14.1 Å². The van der Waals surface area contributed by atoms with E-state index in [-0.39, 0.29) is 11.4 Å². The van der Waals surface area contributed by atoms with Crippen molar-refractivity contribution in [3.63, 3.8) is 0 Å². The number of aromatic nitrogens is 3. The smallest absolute Gasteiger partial charge is 0.324 e. The quantitative estimate of drug-likeness (QED) is 0.463. The molecular weight excluding hydrogens is 446 g/mol. The SMILES string of the molecule is Cc1cc(-c2cnc(NCCN3CCOCC3)nc2)ccc1NC(=O)Nc1cc(C(C)(C)C)on1. The molecule has 10 heteroatoms. The van der Waals surface area contributed by atoms with Crippen LogP contribution in [-0.4, -0.2) is 65.4 Å². The molecule has 1 aliphatic rings. The maximum absolute atomic E-state index is 12.4. The van der Waals surface area contributed by atoms with E-state index in [0.29, 0.717) is 23.2 Å². The number of nitrogens with one attached hydrogen (secondary N) is 3. The van der Waals surface area contributed by atoms with Crippen LogP contribution in [0.4, 0.5) is 22.2 Å². The zero-order valence-electron chi connectivity index (χ0n) is 20.7. The summed E-state index contributed by atoms with van der Waals surface area (Å²) < 4.78 is 10.7. The molecule has 0 atom stereocenters. The molecule has 0 bridgehead atoms. The van der Waals surface area contributed by atoms with Crippen molar-refractivity contribution in [2.45, 2.75) is 33.1 Å². The fourth-order valence-electron chi connectivity index (χ4n) is 3.66. The largest absolute Gasteiger partial charge is 0.379 e. The van der Waals surface area contributed by atoms with Crippen molar-refractivity contribution in [3.05, 3.63) is 48.0 Å². The lowest BCUT2D eigenvalue weighted by atomic mass is 9.93. The molecule has 186 valence electrons. The summed E-state index contributed by atoms with van der Waals surface area (Å²) in [5.41, 5.74) is 3.31. The van der Waals surface area contributed by atoms with Crippen LogP contribution in [0.2, 0.25) is 0 Å². The van der Waals surface area contributed by atoms with Crippen molar-refractivity contribution in [2.75, 3.05) is 55.3 Å². The number of hydrogen-bond donors (Lipinski definition) is 3. The van der Waals surface area contributed by atoms with Gasteiger partial charge in [-0.05, 0) is 30.2 Å². The maximum atomic E-state index is 12.4. The molecule has 2 aromatic heterocycles. The number of urea groups is 1. The number of nitrogens with zero attached hydrogens (tertiary/aromatic N) is 4. The summed E-state index contributed by atoms with van der Waals surface area (Å²) in [6.07, 6.45) is 3.60. The van der Waals surface area contributed by atoms with E-state index < -0.39 is 0 Å². The number of benzene rings is 1. The zero-order chi connectivity index (χ0) is 24.8. The van der Waals surface area contributed by atoms with Crippen LogP contribution in [-0.2, 0) is 10.2 Å². The first-order valence-corrected chi connectivity index (χ1v) is 11.8. The molecule has 1 saturated heterocycles. The van der Waals surface area contributed by atoms with Crippen LogP contribution in [0.25, 0.3) is 11.1 Å². The van der Waals surface area contributed by atoms with E-state index in [1.54, 1.807) is 18.5 Å². The van der Waals surface area contributed by atoms with Crippen LogP contribution < -0.4 is 16.0 Å². The number of hydrogen-bond acceptors (Lipinski definition) is 8. The number of anilines is 3. The van der Waals surface area contributed by atoms with Gasteiger partial charge in [0.1, 0.15) is 5.76 Å². The van der Waals surface area contributed by atoms with Gasteiger partial charge in [-0.15, -0.1) is 0 Å². The van der Waals surface area contributed by atoms with Gasteiger partial charge in [0.05, 0.1) is 13.2 Å². The monoisotopic (exact) mass is 479 g/mol. The highest BCUT2D eigenvalue weighted by Crippen LogP contribution is 2.26. The van der Waals surface area contributed by atoms with Crippen LogP contribution in [0.3, 0.4) is 0 Å². The molecule has 1 fully saturated rings. The summed E-state index contributed by atoms with van der Waals surface area (Å²) in [6, 6.07) is 7.14. The molecule has 3 heterocycles. The highest BCUT2D eigenvalue weighted by molar-refractivity contribution is 5.99. The molecule has 1 aromatic carbocycles. The van der Waals surface area contributed by atoms with E-state index in [0.717, 1.165) is 56.1 Å². The number of morpholine rings is 1. The van der Waals surface area contributed by atoms with Gasteiger partial charge in [0, 0.05) is 61.3 Å². The van der Waals surface area contributed by atoms with Crippen LogP contribution in [0.1, 0.15) is 32.1 Å². The number of rotatable bonds is 7. The van der Waals surface area contributed by atoms with Crippen LogP contribution in [0.15, 0.2) is 41.2 Å². The molecule has 2 amide bonds. The normalized spacial score (nSPS) is 14.5. The summed E-state index contributed by atoms with van der Waals surface area (Å²) in [4.78, 5) is 23.7. The fourth-order valence-corrected chi connectivity index (χ4v) is 3.66. The Labute approximate surface area is 205 Å². The molecule has 0 saturated carbocycles. The molecule has 0 aliphatic carbocycles. The van der Waals surface area contributed by atoms with Crippen LogP contribution in [0, 0.1) is 6.92 Å². The molecule has 3 N–H and O–H groups in total. The predicted molar refractivity (Wildman–Crippen MR) is 136 cm³/mol.